The molecular weight excluding hydrogens is 1020 g/mol. The molecule has 0 spiro atoms. The number of unbranched alkanes of at least 4 members (excludes halogenated alkanes) is 41. The maximum absolute atomic E-state index is 13.0. The van der Waals surface area contributed by atoms with Crippen molar-refractivity contribution < 1.29 is 28.6 Å². The standard InChI is InChI=1S/C77H136O6/c1-4-7-10-13-16-19-22-25-28-30-32-34-35-36-37-38-39-40-41-43-44-46-49-52-55-58-61-64-67-70-76(79)82-73-74(72-81-75(78)69-66-63-60-57-54-51-48-27-24-21-18-15-12-9-6-3)83-77(80)71-68-65-62-59-56-53-50-47-45-42-33-31-29-26-23-20-17-14-11-8-5-2/h7,10,16,19,25,28,32,34,36-37,39-40,43-44,74H,4-6,8-9,11-15,17-18,20-24,26-27,29-31,33,35,38,41-42,45-73H2,1-3H3/b10-7-,19-16-,28-25-,34-32-,37-36-,40-39-,44-43-. The van der Waals surface area contributed by atoms with Gasteiger partial charge in [-0.3, -0.25) is 14.4 Å². The van der Waals surface area contributed by atoms with Gasteiger partial charge in [-0.25, -0.2) is 0 Å². The van der Waals surface area contributed by atoms with E-state index in [-0.39, 0.29) is 31.1 Å². The third-order valence-corrected chi connectivity index (χ3v) is 15.9. The molecule has 0 aliphatic rings. The third-order valence-electron chi connectivity index (χ3n) is 15.9. The predicted molar refractivity (Wildman–Crippen MR) is 362 cm³/mol. The molecule has 0 aromatic rings. The van der Waals surface area contributed by atoms with Crippen molar-refractivity contribution in [3.63, 3.8) is 0 Å². The molecule has 0 fully saturated rings. The molecule has 1 atom stereocenters. The monoisotopic (exact) mass is 1160 g/mol. The number of ether oxygens (including phenoxy) is 3. The molecule has 0 aromatic carbocycles. The van der Waals surface area contributed by atoms with Crippen molar-refractivity contribution in [3.05, 3.63) is 85.1 Å². The Kier molecular flexibility index (Phi) is 68.2. The normalized spacial score (nSPS) is 12.6. The fourth-order valence-corrected chi connectivity index (χ4v) is 10.5. The summed E-state index contributed by atoms with van der Waals surface area (Å²) in [6, 6.07) is 0. The Bertz CT molecular complexity index is 1570. The summed E-state index contributed by atoms with van der Waals surface area (Å²) in [5, 5.41) is 0. The predicted octanol–water partition coefficient (Wildman–Crippen LogP) is 25.0. The largest absolute Gasteiger partial charge is 0.462 e. The topological polar surface area (TPSA) is 78.9 Å². The third kappa shape index (κ3) is 69.3. The molecule has 0 aromatic heterocycles. The van der Waals surface area contributed by atoms with Crippen LogP contribution in [-0.2, 0) is 28.6 Å². The Morgan fingerprint density at radius 1 is 0.253 bits per heavy atom. The molecule has 0 N–H and O–H groups in total. The minimum absolute atomic E-state index is 0.0742. The summed E-state index contributed by atoms with van der Waals surface area (Å²) in [6.45, 7) is 6.58. The number of carbonyl (C=O) groups excluding carboxylic acids is 3. The van der Waals surface area contributed by atoms with Crippen LogP contribution in [0.2, 0.25) is 0 Å². The van der Waals surface area contributed by atoms with Gasteiger partial charge in [-0.15, -0.1) is 0 Å². The van der Waals surface area contributed by atoms with E-state index in [2.05, 4.69) is 106 Å². The van der Waals surface area contributed by atoms with E-state index in [0.29, 0.717) is 19.3 Å². The molecule has 6 nitrogen and oxygen atoms in total. The van der Waals surface area contributed by atoms with Crippen molar-refractivity contribution in [3.8, 4) is 0 Å². The zero-order valence-corrected chi connectivity index (χ0v) is 55.2. The lowest BCUT2D eigenvalue weighted by Gasteiger charge is -2.18. The van der Waals surface area contributed by atoms with Gasteiger partial charge in [-0.2, -0.15) is 0 Å². The molecule has 0 aliphatic carbocycles. The fraction of sp³-hybridized carbons (Fsp3) is 0.779. The van der Waals surface area contributed by atoms with Crippen LogP contribution < -0.4 is 0 Å². The summed E-state index contributed by atoms with van der Waals surface area (Å²) >= 11 is 0. The average molecular weight is 1160 g/mol. The second-order valence-electron chi connectivity index (χ2n) is 24.1. The zero-order valence-electron chi connectivity index (χ0n) is 55.2. The number of hydrogen-bond donors (Lipinski definition) is 0. The van der Waals surface area contributed by atoms with Gasteiger partial charge < -0.3 is 14.2 Å². The van der Waals surface area contributed by atoms with Gasteiger partial charge in [0, 0.05) is 19.3 Å². The molecule has 0 heterocycles. The van der Waals surface area contributed by atoms with Crippen molar-refractivity contribution in [2.75, 3.05) is 13.2 Å². The number of rotatable bonds is 66. The molecular formula is C77H136O6. The molecule has 6 heteroatoms. The Balaban J connectivity index is 4.32. The molecule has 0 aliphatic heterocycles. The zero-order chi connectivity index (χ0) is 59.9. The van der Waals surface area contributed by atoms with Crippen LogP contribution >= 0.6 is 0 Å². The Hall–Kier alpha value is -3.41. The van der Waals surface area contributed by atoms with E-state index >= 15 is 0 Å². The van der Waals surface area contributed by atoms with Crippen LogP contribution in [0.25, 0.3) is 0 Å². The van der Waals surface area contributed by atoms with E-state index in [4.69, 9.17) is 14.2 Å². The van der Waals surface area contributed by atoms with Crippen LogP contribution in [-0.4, -0.2) is 37.2 Å². The van der Waals surface area contributed by atoms with Gasteiger partial charge in [0.25, 0.3) is 0 Å². The van der Waals surface area contributed by atoms with E-state index in [1.54, 1.807) is 0 Å². The Morgan fingerprint density at radius 3 is 0.735 bits per heavy atom. The van der Waals surface area contributed by atoms with Crippen molar-refractivity contribution in [2.24, 2.45) is 0 Å². The average Bonchev–Trinajstić information content (AvgIpc) is 3.49. The second-order valence-corrected chi connectivity index (χ2v) is 24.1. The van der Waals surface area contributed by atoms with Crippen molar-refractivity contribution in [2.45, 2.75) is 374 Å². The maximum Gasteiger partial charge on any atom is 0.306 e. The minimum Gasteiger partial charge on any atom is -0.462 e. The van der Waals surface area contributed by atoms with Gasteiger partial charge in [0.1, 0.15) is 13.2 Å². The number of carbonyl (C=O) groups is 3. The van der Waals surface area contributed by atoms with Crippen molar-refractivity contribution >= 4 is 17.9 Å². The summed E-state index contributed by atoms with van der Waals surface area (Å²) in [7, 11) is 0. The van der Waals surface area contributed by atoms with Crippen LogP contribution in [0, 0.1) is 0 Å². The lowest BCUT2D eigenvalue weighted by molar-refractivity contribution is -0.167. The lowest BCUT2D eigenvalue weighted by Crippen LogP contribution is -2.30. The van der Waals surface area contributed by atoms with Crippen LogP contribution in [0.15, 0.2) is 85.1 Å². The van der Waals surface area contributed by atoms with E-state index < -0.39 is 6.10 Å². The Morgan fingerprint density at radius 2 is 0.470 bits per heavy atom. The van der Waals surface area contributed by atoms with Crippen molar-refractivity contribution in [1.82, 2.24) is 0 Å². The van der Waals surface area contributed by atoms with Gasteiger partial charge in [0.2, 0.25) is 0 Å². The molecule has 0 bridgehead atoms. The SMILES string of the molecule is CC/C=C\C/C=C\C/C=C\C/C=C\C/C=C\C/C=C\C/C=C\CCCCCCCCCC(=O)OCC(COC(=O)CCCCCCCCCCCCCCCCC)OC(=O)CCCCCCCCCCCCCCCCCCCCCCC. The summed E-state index contributed by atoms with van der Waals surface area (Å²) in [6.07, 6.45) is 94.6. The summed E-state index contributed by atoms with van der Waals surface area (Å²) < 4.78 is 17.0. The molecule has 0 rings (SSSR count). The minimum atomic E-state index is -0.780. The van der Waals surface area contributed by atoms with Gasteiger partial charge in [0.05, 0.1) is 0 Å². The summed E-state index contributed by atoms with van der Waals surface area (Å²) in [4.78, 5) is 38.5. The number of hydrogen-bond acceptors (Lipinski definition) is 6. The fourth-order valence-electron chi connectivity index (χ4n) is 10.5. The van der Waals surface area contributed by atoms with Crippen LogP contribution in [0.1, 0.15) is 367 Å². The first kappa shape index (κ1) is 79.6. The van der Waals surface area contributed by atoms with Gasteiger partial charge in [-0.05, 0) is 77.0 Å². The first-order valence-corrected chi connectivity index (χ1v) is 36.1. The van der Waals surface area contributed by atoms with Crippen LogP contribution in [0.4, 0.5) is 0 Å². The van der Waals surface area contributed by atoms with Crippen LogP contribution in [0.3, 0.4) is 0 Å². The molecule has 1 unspecified atom stereocenters. The molecule has 480 valence electrons. The van der Waals surface area contributed by atoms with Crippen molar-refractivity contribution in [1.29, 1.82) is 0 Å². The van der Waals surface area contributed by atoms with Crippen LogP contribution in [0.5, 0.6) is 0 Å². The molecule has 0 radical (unpaired) electrons. The molecule has 83 heavy (non-hydrogen) atoms. The van der Waals surface area contributed by atoms with E-state index in [9.17, 15) is 14.4 Å². The quantitative estimate of drug-likeness (QED) is 0.0261. The van der Waals surface area contributed by atoms with E-state index in [1.807, 2.05) is 0 Å². The highest BCUT2D eigenvalue weighted by atomic mass is 16.6. The number of allylic oxidation sites excluding steroid dienone is 14. The van der Waals surface area contributed by atoms with E-state index in [1.165, 1.54) is 218 Å². The number of esters is 3. The molecule has 0 saturated heterocycles. The smallest absolute Gasteiger partial charge is 0.306 e. The first-order chi connectivity index (χ1) is 41.0. The highest BCUT2D eigenvalue weighted by molar-refractivity contribution is 5.71. The summed E-state index contributed by atoms with van der Waals surface area (Å²) in [5.41, 5.74) is 0. The molecule has 0 amide bonds. The second kappa shape index (κ2) is 71.1. The first-order valence-electron chi connectivity index (χ1n) is 36.1. The van der Waals surface area contributed by atoms with Gasteiger partial charge >= 0.3 is 17.9 Å². The highest BCUT2D eigenvalue weighted by Gasteiger charge is 2.19. The lowest BCUT2D eigenvalue weighted by atomic mass is 10.0. The maximum atomic E-state index is 13.0. The summed E-state index contributed by atoms with van der Waals surface area (Å²) in [5.74, 6) is -0.862. The van der Waals surface area contributed by atoms with Gasteiger partial charge in [-0.1, -0.05) is 356 Å². The van der Waals surface area contributed by atoms with Gasteiger partial charge in [0.15, 0.2) is 6.10 Å². The highest BCUT2D eigenvalue weighted by Crippen LogP contribution is 2.18. The molecule has 0 saturated carbocycles. The van der Waals surface area contributed by atoms with E-state index in [0.717, 1.165) is 109 Å². The Labute approximate surface area is 515 Å².